The summed E-state index contributed by atoms with van der Waals surface area (Å²) in [6.45, 7) is 1.03. The number of rotatable bonds is 5. The van der Waals surface area contributed by atoms with Crippen molar-refractivity contribution in [3.8, 4) is 5.75 Å². The van der Waals surface area contributed by atoms with Gasteiger partial charge in [0.2, 0.25) is 0 Å². The molecule has 1 rings (SSSR count). The molecule has 0 spiro atoms. The summed E-state index contributed by atoms with van der Waals surface area (Å²) < 4.78 is 10.7. The highest BCUT2D eigenvalue weighted by Crippen LogP contribution is 2.27. The molecule has 18 heavy (non-hydrogen) atoms. The van der Waals surface area contributed by atoms with Gasteiger partial charge in [-0.25, -0.2) is 4.79 Å². The zero-order chi connectivity index (χ0) is 13.7. The molecular weight excluding hydrogens is 325 g/mol. The van der Waals surface area contributed by atoms with Gasteiger partial charge in [-0.15, -0.1) is 0 Å². The van der Waals surface area contributed by atoms with Crippen LogP contribution in [0.2, 0.25) is 5.02 Å². The molecule has 1 aromatic rings. The van der Waals surface area contributed by atoms with E-state index in [1.54, 1.807) is 18.2 Å². The number of nitrogens with two attached hydrogens (primary N) is 1. The number of primary amides is 1. The molecule has 98 valence electrons. The molecule has 0 aliphatic carbocycles. The number of hydrogen-bond acceptors (Lipinski definition) is 4. The van der Waals surface area contributed by atoms with Crippen LogP contribution in [0.3, 0.4) is 0 Å². The van der Waals surface area contributed by atoms with E-state index in [-0.39, 0.29) is 6.61 Å². The lowest BCUT2D eigenvalue weighted by Gasteiger charge is -2.11. The van der Waals surface area contributed by atoms with Crippen LogP contribution >= 0.6 is 27.5 Å². The van der Waals surface area contributed by atoms with E-state index in [0.717, 1.165) is 4.47 Å². The van der Waals surface area contributed by atoms with Gasteiger partial charge in [-0.3, -0.25) is 4.79 Å². The van der Waals surface area contributed by atoms with Crippen molar-refractivity contribution in [3.05, 3.63) is 27.7 Å². The average molecular weight is 337 g/mol. The zero-order valence-corrected chi connectivity index (χ0v) is 11.8. The number of esters is 1. The van der Waals surface area contributed by atoms with Gasteiger partial charge in [0, 0.05) is 4.47 Å². The SMILES string of the molecule is C[C@H](OC(=O)COc1ccc(Br)cc1Cl)C(N)=O. The van der Waals surface area contributed by atoms with Gasteiger partial charge in [0.25, 0.3) is 5.91 Å². The van der Waals surface area contributed by atoms with Crippen molar-refractivity contribution in [1.82, 2.24) is 0 Å². The quantitative estimate of drug-likeness (QED) is 0.833. The minimum Gasteiger partial charge on any atom is -0.480 e. The Morgan fingerprint density at radius 3 is 2.72 bits per heavy atom. The number of carbonyl (C=O) groups is 2. The Labute approximate surface area is 117 Å². The molecule has 0 radical (unpaired) electrons. The predicted octanol–water partition coefficient (Wildman–Crippen LogP) is 1.90. The highest BCUT2D eigenvalue weighted by molar-refractivity contribution is 9.10. The first-order chi connectivity index (χ1) is 8.40. The van der Waals surface area contributed by atoms with Crippen LogP contribution in [0.4, 0.5) is 0 Å². The van der Waals surface area contributed by atoms with Crippen LogP contribution in [0.15, 0.2) is 22.7 Å². The third kappa shape index (κ3) is 4.54. The van der Waals surface area contributed by atoms with Gasteiger partial charge in [0.05, 0.1) is 5.02 Å². The summed E-state index contributed by atoms with van der Waals surface area (Å²) in [5, 5.41) is 0.361. The van der Waals surface area contributed by atoms with Crippen molar-refractivity contribution in [1.29, 1.82) is 0 Å². The molecule has 0 aliphatic heterocycles. The number of hydrogen-bond donors (Lipinski definition) is 1. The van der Waals surface area contributed by atoms with Crippen molar-refractivity contribution >= 4 is 39.4 Å². The van der Waals surface area contributed by atoms with Gasteiger partial charge in [0.1, 0.15) is 5.75 Å². The first-order valence-electron chi connectivity index (χ1n) is 4.97. The monoisotopic (exact) mass is 335 g/mol. The highest BCUT2D eigenvalue weighted by Gasteiger charge is 2.15. The summed E-state index contributed by atoms with van der Waals surface area (Å²) in [4.78, 5) is 22.0. The van der Waals surface area contributed by atoms with Crippen LogP contribution in [0, 0.1) is 0 Å². The Morgan fingerprint density at radius 2 is 2.17 bits per heavy atom. The minimum atomic E-state index is -0.985. The largest absolute Gasteiger partial charge is 0.480 e. The average Bonchev–Trinajstić information content (AvgIpc) is 2.27. The van der Waals surface area contributed by atoms with Gasteiger partial charge < -0.3 is 15.2 Å². The lowest BCUT2D eigenvalue weighted by atomic mass is 10.3. The topological polar surface area (TPSA) is 78.6 Å². The molecule has 7 heteroatoms. The molecule has 0 unspecified atom stereocenters. The van der Waals surface area contributed by atoms with Gasteiger partial charge in [-0.05, 0) is 25.1 Å². The molecule has 0 saturated heterocycles. The Balaban J connectivity index is 2.50. The normalized spacial score (nSPS) is 11.7. The maximum atomic E-state index is 11.3. The molecule has 1 atom stereocenters. The standard InChI is InChI=1S/C11H11BrClNO4/c1-6(11(14)16)18-10(15)5-17-9-3-2-7(12)4-8(9)13/h2-4,6H,5H2,1H3,(H2,14,16)/t6-/m0/s1. The van der Waals surface area contributed by atoms with Crippen LogP contribution in [-0.2, 0) is 14.3 Å². The number of halogens is 2. The first kappa shape index (κ1) is 14.8. The van der Waals surface area contributed by atoms with Crippen LogP contribution in [0.5, 0.6) is 5.75 Å². The van der Waals surface area contributed by atoms with Crippen molar-refractivity contribution in [2.75, 3.05) is 6.61 Å². The van der Waals surface area contributed by atoms with E-state index in [2.05, 4.69) is 15.9 Å². The van der Waals surface area contributed by atoms with Crippen molar-refractivity contribution in [2.24, 2.45) is 5.73 Å². The lowest BCUT2D eigenvalue weighted by molar-refractivity contribution is -0.155. The minimum absolute atomic E-state index is 0.348. The van der Waals surface area contributed by atoms with E-state index in [9.17, 15) is 9.59 Å². The molecule has 0 aliphatic rings. The fourth-order valence-electron chi connectivity index (χ4n) is 1.02. The number of benzene rings is 1. The number of carbonyl (C=O) groups excluding carboxylic acids is 2. The molecule has 0 saturated carbocycles. The summed E-state index contributed by atoms with van der Waals surface area (Å²) >= 11 is 9.13. The summed E-state index contributed by atoms with van der Waals surface area (Å²) in [5.41, 5.74) is 4.95. The van der Waals surface area contributed by atoms with Crippen LogP contribution in [0.1, 0.15) is 6.92 Å². The van der Waals surface area contributed by atoms with Crippen molar-refractivity contribution in [2.45, 2.75) is 13.0 Å². The molecule has 5 nitrogen and oxygen atoms in total. The smallest absolute Gasteiger partial charge is 0.344 e. The van der Waals surface area contributed by atoms with E-state index in [4.69, 9.17) is 26.8 Å². The predicted molar refractivity (Wildman–Crippen MR) is 69.4 cm³/mol. The summed E-state index contributed by atoms with van der Waals surface area (Å²) in [6, 6.07) is 4.96. The van der Waals surface area contributed by atoms with Crippen LogP contribution in [0.25, 0.3) is 0 Å². The second-order valence-electron chi connectivity index (χ2n) is 3.40. The van der Waals surface area contributed by atoms with Crippen molar-refractivity contribution < 1.29 is 19.1 Å². The van der Waals surface area contributed by atoms with E-state index in [0.29, 0.717) is 10.8 Å². The van der Waals surface area contributed by atoms with E-state index in [1.165, 1.54) is 6.92 Å². The summed E-state index contributed by atoms with van der Waals surface area (Å²) in [7, 11) is 0. The summed E-state index contributed by atoms with van der Waals surface area (Å²) in [5.74, 6) is -1.06. The second-order valence-corrected chi connectivity index (χ2v) is 4.72. The maximum absolute atomic E-state index is 11.3. The second kappa shape index (κ2) is 6.61. The molecule has 1 amide bonds. The maximum Gasteiger partial charge on any atom is 0.344 e. The lowest BCUT2D eigenvalue weighted by Crippen LogP contribution is -2.32. The molecule has 0 heterocycles. The molecule has 0 aromatic heterocycles. The van der Waals surface area contributed by atoms with E-state index in [1.807, 2.05) is 0 Å². The molecular formula is C11H11BrClNO4. The first-order valence-corrected chi connectivity index (χ1v) is 6.14. The van der Waals surface area contributed by atoms with E-state index >= 15 is 0 Å². The Morgan fingerprint density at radius 1 is 1.50 bits per heavy atom. The van der Waals surface area contributed by atoms with Gasteiger partial charge >= 0.3 is 5.97 Å². The van der Waals surface area contributed by atoms with E-state index < -0.39 is 18.0 Å². The Kier molecular flexibility index (Phi) is 5.43. The third-order valence-electron chi connectivity index (χ3n) is 1.95. The van der Waals surface area contributed by atoms with Crippen LogP contribution < -0.4 is 10.5 Å². The summed E-state index contributed by atoms with van der Waals surface area (Å²) in [6.07, 6.45) is -0.985. The fourth-order valence-corrected chi connectivity index (χ4v) is 1.75. The highest BCUT2D eigenvalue weighted by atomic mass is 79.9. The molecule has 1 aromatic carbocycles. The molecule has 2 N–H and O–H groups in total. The van der Waals surface area contributed by atoms with Gasteiger partial charge in [-0.2, -0.15) is 0 Å². The van der Waals surface area contributed by atoms with Crippen molar-refractivity contribution in [3.63, 3.8) is 0 Å². The Hall–Kier alpha value is -1.27. The number of ether oxygens (including phenoxy) is 2. The fraction of sp³-hybridized carbons (Fsp3) is 0.273. The zero-order valence-electron chi connectivity index (χ0n) is 9.48. The van der Waals surface area contributed by atoms with Crippen LogP contribution in [-0.4, -0.2) is 24.6 Å². The Bertz CT molecular complexity index is 466. The third-order valence-corrected chi connectivity index (χ3v) is 2.74. The molecule has 0 fully saturated rings. The van der Waals surface area contributed by atoms with Gasteiger partial charge in [-0.1, -0.05) is 27.5 Å². The molecule has 0 bridgehead atoms. The number of amides is 1. The van der Waals surface area contributed by atoms with Gasteiger partial charge in [0.15, 0.2) is 12.7 Å².